The van der Waals surface area contributed by atoms with Crippen molar-refractivity contribution in [1.29, 1.82) is 0 Å². The number of nitrogens with zero attached hydrogens (tertiary/aromatic N) is 1. The molecule has 6 nitrogen and oxygen atoms in total. The minimum absolute atomic E-state index is 0.0785. The van der Waals surface area contributed by atoms with Crippen LogP contribution in [0.1, 0.15) is 52.5 Å². The van der Waals surface area contributed by atoms with Crippen molar-refractivity contribution in [2.24, 2.45) is 0 Å². The van der Waals surface area contributed by atoms with Crippen LogP contribution in [0.5, 0.6) is 5.75 Å². The average molecular weight is 392 g/mol. The van der Waals surface area contributed by atoms with E-state index in [1.807, 2.05) is 25.1 Å². The molecule has 0 aliphatic carbocycles. The quantitative estimate of drug-likeness (QED) is 0.847. The fourth-order valence-electron chi connectivity index (χ4n) is 4.12. The third kappa shape index (κ3) is 3.88. The first kappa shape index (κ1) is 19.2. The van der Waals surface area contributed by atoms with Crippen molar-refractivity contribution in [3.63, 3.8) is 0 Å². The van der Waals surface area contributed by atoms with Crippen LogP contribution in [0.2, 0.25) is 0 Å². The van der Waals surface area contributed by atoms with Crippen LogP contribution in [0.15, 0.2) is 42.5 Å². The van der Waals surface area contributed by atoms with Crippen LogP contribution < -0.4 is 10.1 Å². The monoisotopic (exact) mass is 392 g/mol. The normalized spacial score (nSPS) is 17.4. The minimum Gasteiger partial charge on any atom is -0.486 e. The second-order valence-electron chi connectivity index (χ2n) is 7.94. The summed E-state index contributed by atoms with van der Waals surface area (Å²) in [6.07, 6.45) is 1.58. The van der Waals surface area contributed by atoms with Crippen molar-refractivity contribution in [3.05, 3.63) is 59.2 Å². The van der Waals surface area contributed by atoms with Crippen molar-refractivity contribution >= 4 is 23.3 Å². The van der Waals surface area contributed by atoms with Crippen molar-refractivity contribution < 1.29 is 19.1 Å². The first-order chi connectivity index (χ1) is 13.8. The molecule has 0 aromatic heterocycles. The maximum atomic E-state index is 12.9. The van der Waals surface area contributed by atoms with Crippen LogP contribution in [-0.2, 0) is 4.79 Å². The minimum atomic E-state index is -0.534. The molecular formula is C23H24N2O4. The Morgan fingerprint density at radius 3 is 2.59 bits per heavy atom. The van der Waals surface area contributed by atoms with Crippen LogP contribution in [0.25, 0.3) is 0 Å². The van der Waals surface area contributed by atoms with Gasteiger partial charge in [-0.1, -0.05) is 17.7 Å². The molecule has 1 spiro atoms. The highest BCUT2D eigenvalue weighted by atomic mass is 16.5. The molecule has 29 heavy (non-hydrogen) atoms. The number of benzene rings is 2. The summed E-state index contributed by atoms with van der Waals surface area (Å²) in [5, 5.41) is 2.70. The standard InChI is InChI=1S/C23H24N2O4/c1-15-6-7-21-19(12-15)20(27)14-23(29-21)8-10-25(11-9-23)22(28)17-4-3-5-18(13-17)24-16(2)26/h3-7,12-13H,8-11,14H2,1-2H3,(H,24,26). The molecule has 2 amide bonds. The molecule has 0 unspecified atom stereocenters. The number of anilines is 1. The summed E-state index contributed by atoms with van der Waals surface area (Å²) in [5.74, 6) is 0.502. The molecule has 1 fully saturated rings. The first-order valence-corrected chi connectivity index (χ1v) is 9.85. The molecule has 2 aliphatic rings. The molecule has 1 saturated heterocycles. The highest BCUT2D eigenvalue weighted by Crippen LogP contribution is 2.39. The van der Waals surface area contributed by atoms with Gasteiger partial charge in [0, 0.05) is 44.1 Å². The number of piperidine rings is 1. The lowest BCUT2D eigenvalue weighted by atomic mass is 9.82. The molecule has 0 atom stereocenters. The molecule has 6 heteroatoms. The van der Waals surface area contributed by atoms with E-state index in [0.29, 0.717) is 54.9 Å². The van der Waals surface area contributed by atoms with Gasteiger partial charge in [-0.3, -0.25) is 14.4 Å². The SMILES string of the molecule is CC(=O)Nc1cccc(C(=O)N2CCC3(CC2)CC(=O)c2cc(C)ccc2O3)c1. The maximum absolute atomic E-state index is 12.9. The number of Topliss-reactive ketones (excluding diaryl/α,β-unsaturated/α-hetero) is 1. The zero-order valence-corrected chi connectivity index (χ0v) is 16.7. The number of hydrogen-bond donors (Lipinski definition) is 1. The predicted molar refractivity (Wildman–Crippen MR) is 109 cm³/mol. The molecule has 0 radical (unpaired) electrons. The Morgan fingerprint density at radius 2 is 1.86 bits per heavy atom. The van der Waals surface area contributed by atoms with Gasteiger partial charge < -0.3 is 15.0 Å². The van der Waals surface area contributed by atoms with Crippen LogP contribution in [0.4, 0.5) is 5.69 Å². The van der Waals surface area contributed by atoms with Gasteiger partial charge in [0.15, 0.2) is 5.78 Å². The van der Waals surface area contributed by atoms with E-state index in [4.69, 9.17) is 4.74 Å². The average Bonchev–Trinajstić information content (AvgIpc) is 2.68. The maximum Gasteiger partial charge on any atom is 0.253 e. The molecule has 2 aromatic carbocycles. The molecule has 150 valence electrons. The zero-order chi connectivity index (χ0) is 20.6. The van der Waals surface area contributed by atoms with Crippen LogP contribution in [-0.4, -0.2) is 41.2 Å². The molecule has 2 aliphatic heterocycles. The van der Waals surface area contributed by atoms with Gasteiger partial charge in [-0.05, 0) is 37.3 Å². The van der Waals surface area contributed by atoms with E-state index in [-0.39, 0.29) is 17.6 Å². The number of ether oxygens (including phenoxy) is 1. The molecule has 2 heterocycles. The lowest BCUT2D eigenvalue weighted by molar-refractivity contribution is -0.114. The van der Waals surface area contributed by atoms with Gasteiger partial charge in [-0.2, -0.15) is 0 Å². The summed E-state index contributed by atoms with van der Waals surface area (Å²) in [7, 11) is 0. The summed E-state index contributed by atoms with van der Waals surface area (Å²) in [5.41, 5.74) is 2.30. The Kier molecular flexibility index (Phi) is 4.86. The topological polar surface area (TPSA) is 75.7 Å². The number of fused-ring (bicyclic) bond motifs is 1. The Labute approximate surface area is 169 Å². The Balaban J connectivity index is 1.46. The van der Waals surface area contributed by atoms with Gasteiger partial charge >= 0.3 is 0 Å². The predicted octanol–water partition coefficient (Wildman–Crippen LogP) is 3.59. The Bertz CT molecular complexity index is 990. The van der Waals surface area contributed by atoms with E-state index in [9.17, 15) is 14.4 Å². The lowest BCUT2D eigenvalue weighted by Crippen LogP contribution is -2.52. The number of hydrogen-bond acceptors (Lipinski definition) is 4. The van der Waals surface area contributed by atoms with E-state index in [1.54, 1.807) is 29.2 Å². The number of ketones is 1. The summed E-state index contributed by atoms with van der Waals surface area (Å²) >= 11 is 0. The summed E-state index contributed by atoms with van der Waals surface area (Å²) in [6.45, 7) is 4.45. The van der Waals surface area contributed by atoms with E-state index in [2.05, 4.69) is 5.32 Å². The van der Waals surface area contributed by atoms with Crippen molar-refractivity contribution in [3.8, 4) is 5.75 Å². The van der Waals surface area contributed by atoms with E-state index in [0.717, 1.165) is 5.56 Å². The number of likely N-dealkylation sites (tertiary alicyclic amines) is 1. The third-order valence-electron chi connectivity index (χ3n) is 5.64. The van der Waals surface area contributed by atoms with Gasteiger partial charge in [-0.25, -0.2) is 0 Å². The first-order valence-electron chi connectivity index (χ1n) is 9.85. The van der Waals surface area contributed by atoms with Crippen molar-refractivity contribution in [2.45, 2.75) is 38.7 Å². The molecular weight excluding hydrogens is 368 g/mol. The third-order valence-corrected chi connectivity index (χ3v) is 5.64. The van der Waals surface area contributed by atoms with E-state index >= 15 is 0 Å². The van der Waals surface area contributed by atoms with Gasteiger partial charge in [0.2, 0.25) is 5.91 Å². The van der Waals surface area contributed by atoms with Crippen molar-refractivity contribution in [2.75, 3.05) is 18.4 Å². The largest absolute Gasteiger partial charge is 0.486 e. The molecule has 1 N–H and O–H groups in total. The number of amides is 2. The molecule has 4 rings (SSSR count). The Hall–Kier alpha value is -3.15. The number of aryl methyl sites for hydroxylation is 1. The van der Waals surface area contributed by atoms with Gasteiger partial charge in [-0.15, -0.1) is 0 Å². The summed E-state index contributed by atoms with van der Waals surface area (Å²) < 4.78 is 6.28. The fourth-order valence-corrected chi connectivity index (χ4v) is 4.12. The Morgan fingerprint density at radius 1 is 1.10 bits per heavy atom. The second kappa shape index (κ2) is 7.35. The van der Waals surface area contributed by atoms with Crippen molar-refractivity contribution in [1.82, 2.24) is 4.90 Å². The summed E-state index contributed by atoms with van der Waals surface area (Å²) in [4.78, 5) is 38.6. The number of rotatable bonds is 2. The highest BCUT2D eigenvalue weighted by molar-refractivity contribution is 6.00. The van der Waals surface area contributed by atoms with Crippen LogP contribution in [0, 0.1) is 6.92 Å². The van der Waals surface area contributed by atoms with E-state index < -0.39 is 5.60 Å². The second-order valence-corrected chi connectivity index (χ2v) is 7.94. The number of carbonyl (C=O) groups is 3. The molecule has 2 aromatic rings. The number of carbonyl (C=O) groups excluding carboxylic acids is 3. The van der Waals surface area contributed by atoms with Crippen LogP contribution in [0.3, 0.4) is 0 Å². The fraction of sp³-hybridized carbons (Fsp3) is 0.348. The van der Waals surface area contributed by atoms with E-state index in [1.165, 1.54) is 6.92 Å². The molecule has 0 bridgehead atoms. The smallest absolute Gasteiger partial charge is 0.253 e. The molecule has 0 saturated carbocycles. The van der Waals surface area contributed by atoms with Crippen LogP contribution >= 0.6 is 0 Å². The lowest BCUT2D eigenvalue weighted by Gasteiger charge is -2.44. The van der Waals surface area contributed by atoms with Gasteiger partial charge in [0.05, 0.1) is 12.0 Å². The number of nitrogens with one attached hydrogen (secondary N) is 1. The summed E-state index contributed by atoms with van der Waals surface area (Å²) in [6, 6.07) is 12.6. The van der Waals surface area contributed by atoms with Gasteiger partial charge in [0.1, 0.15) is 11.4 Å². The highest BCUT2D eigenvalue weighted by Gasteiger charge is 2.43. The zero-order valence-electron chi connectivity index (χ0n) is 16.7. The van der Waals surface area contributed by atoms with Gasteiger partial charge in [0.25, 0.3) is 5.91 Å².